The van der Waals surface area contributed by atoms with E-state index in [4.69, 9.17) is 4.74 Å². The Morgan fingerprint density at radius 2 is 1.87 bits per heavy atom. The standard InChI is InChI=1S/C24H26N2O5/c1-15(2)31-24(28)23-17(4)25(14-18-6-5-7-20(12-18)26(29)30)22(27)13-21(23)19-10-8-16(3)9-11-19/h5-12,15,21H,13-14H2,1-4H3. The minimum Gasteiger partial charge on any atom is -0.460 e. The third kappa shape index (κ3) is 4.99. The fourth-order valence-corrected chi connectivity index (χ4v) is 3.78. The summed E-state index contributed by atoms with van der Waals surface area (Å²) < 4.78 is 5.50. The highest BCUT2D eigenvalue weighted by Crippen LogP contribution is 2.38. The van der Waals surface area contributed by atoms with Crippen molar-refractivity contribution in [2.75, 3.05) is 0 Å². The number of esters is 1. The SMILES string of the molecule is CC1=C(C(=O)OC(C)C)C(c2ccc(C)cc2)CC(=O)N1Cc1cccc([N+](=O)[O-])c1. The van der Waals surface area contributed by atoms with Crippen LogP contribution in [0.5, 0.6) is 0 Å². The maximum absolute atomic E-state index is 13.1. The second-order valence-corrected chi connectivity index (χ2v) is 8.03. The van der Waals surface area contributed by atoms with Crippen LogP contribution in [0.25, 0.3) is 0 Å². The second-order valence-electron chi connectivity index (χ2n) is 8.03. The molecule has 0 saturated carbocycles. The number of allylic oxidation sites excluding steroid dienone is 1. The summed E-state index contributed by atoms with van der Waals surface area (Å²) in [5, 5.41) is 11.1. The molecule has 0 fully saturated rings. The summed E-state index contributed by atoms with van der Waals surface area (Å²) in [6.07, 6.45) is -0.174. The Balaban J connectivity index is 2.02. The third-order valence-corrected chi connectivity index (χ3v) is 5.33. The number of ether oxygens (including phenoxy) is 1. The maximum atomic E-state index is 13.1. The predicted octanol–water partition coefficient (Wildman–Crippen LogP) is 4.64. The summed E-state index contributed by atoms with van der Waals surface area (Å²) in [5.74, 6) is -0.994. The van der Waals surface area contributed by atoms with Crippen molar-refractivity contribution in [2.45, 2.75) is 52.7 Å². The zero-order valence-corrected chi connectivity index (χ0v) is 18.1. The largest absolute Gasteiger partial charge is 0.460 e. The number of carbonyl (C=O) groups is 2. The molecular weight excluding hydrogens is 396 g/mol. The van der Waals surface area contributed by atoms with Gasteiger partial charge in [-0.1, -0.05) is 42.0 Å². The third-order valence-electron chi connectivity index (χ3n) is 5.33. The van der Waals surface area contributed by atoms with E-state index in [0.717, 1.165) is 11.1 Å². The topological polar surface area (TPSA) is 89.8 Å². The van der Waals surface area contributed by atoms with Crippen LogP contribution in [-0.4, -0.2) is 27.8 Å². The highest BCUT2D eigenvalue weighted by atomic mass is 16.6. The summed E-state index contributed by atoms with van der Waals surface area (Å²) in [4.78, 5) is 38.2. The van der Waals surface area contributed by atoms with E-state index in [1.165, 1.54) is 17.0 Å². The summed E-state index contributed by atoms with van der Waals surface area (Å²) in [6, 6.07) is 13.9. The highest BCUT2D eigenvalue weighted by Gasteiger charge is 2.37. The van der Waals surface area contributed by atoms with E-state index < -0.39 is 16.8 Å². The molecule has 1 aliphatic rings. The Kier molecular flexibility index (Phi) is 6.53. The predicted molar refractivity (Wildman–Crippen MR) is 116 cm³/mol. The summed E-state index contributed by atoms with van der Waals surface area (Å²) in [7, 11) is 0. The van der Waals surface area contributed by atoms with Gasteiger partial charge >= 0.3 is 5.97 Å². The Hall–Kier alpha value is -3.48. The van der Waals surface area contributed by atoms with E-state index in [1.807, 2.05) is 31.2 Å². The van der Waals surface area contributed by atoms with Crippen molar-refractivity contribution in [3.05, 3.63) is 86.6 Å². The first-order valence-corrected chi connectivity index (χ1v) is 10.2. The van der Waals surface area contributed by atoms with Gasteiger partial charge in [-0.3, -0.25) is 14.9 Å². The molecule has 1 aliphatic heterocycles. The Morgan fingerprint density at radius 3 is 2.48 bits per heavy atom. The number of nitrogens with zero attached hydrogens (tertiary/aromatic N) is 2. The van der Waals surface area contributed by atoms with Crippen LogP contribution in [0.2, 0.25) is 0 Å². The van der Waals surface area contributed by atoms with Gasteiger partial charge in [-0.2, -0.15) is 0 Å². The number of hydrogen-bond acceptors (Lipinski definition) is 5. The van der Waals surface area contributed by atoms with E-state index in [2.05, 4.69) is 0 Å². The fraction of sp³-hybridized carbons (Fsp3) is 0.333. The van der Waals surface area contributed by atoms with Crippen molar-refractivity contribution in [1.82, 2.24) is 4.90 Å². The molecule has 1 heterocycles. The zero-order chi connectivity index (χ0) is 22.7. The average Bonchev–Trinajstić information content (AvgIpc) is 2.70. The van der Waals surface area contributed by atoms with Crippen molar-refractivity contribution in [2.24, 2.45) is 0 Å². The number of hydrogen-bond donors (Lipinski definition) is 0. The van der Waals surface area contributed by atoms with Gasteiger partial charge in [0.05, 0.1) is 23.1 Å². The van der Waals surface area contributed by atoms with Crippen LogP contribution in [0.15, 0.2) is 59.8 Å². The van der Waals surface area contributed by atoms with Crippen molar-refractivity contribution in [3.63, 3.8) is 0 Å². The molecule has 0 aliphatic carbocycles. The number of aryl methyl sites for hydroxylation is 1. The molecular formula is C24H26N2O5. The number of carbonyl (C=O) groups excluding carboxylic acids is 2. The molecule has 0 N–H and O–H groups in total. The molecule has 31 heavy (non-hydrogen) atoms. The first kappa shape index (κ1) is 22.2. The number of non-ortho nitro benzene ring substituents is 1. The van der Waals surface area contributed by atoms with Crippen LogP contribution in [0.4, 0.5) is 5.69 Å². The Morgan fingerprint density at radius 1 is 1.19 bits per heavy atom. The zero-order valence-electron chi connectivity index (χ0n) is 18.1. The molecule has 2 aromatic rings. The summed E-state index contributed by atoms with van der Waals surface area (Å²) >= 11 is 0. The monoisotopic (exact) mass is 422 g/mol. The molecule has 0 spiro atoms. The van der Waals surface area contributed by atoms with Gasteiger partial charge in [-0.25, -0.2) is 4.79 Å². The van der Waals surface area contributed by atoms with Gasteiger partial charge in [0.2, 0.25) is 5.91 Å². The summed E-state index contributed by atoms with van der Waals surface area (Å²) in [5.41, 5.74) is 3.50. The van der Waals surface area contributed by atoms with Crippen LogP contribution in [0, 0.1) is 17.0 Å². The van der Waals surface area contributed by atoms with Crippen molar-refractivity contribution >= 4 is 17.6 Å². The van der Waals surface area contributed by atoms with Gasteiger partial charge in [0, 0.05) is 30.2 Å². The number of amides is 1. The Labute approximate surface area is 181 Å². The van der Waals surface area contributed by atoms with Gasteiger partial charge < -0.3 is 9.64 Å². The minimum absolute atomic E-state index is 0.0411. The van der Waals surface area contributed by atoms with Crippen molar-refractivity contribution in [3.8, 4) is 0 Å². The van der Waals surface area contributed by atoms with Crippen LogP contribution >= 0.6 is 0 Å². The minimum atomic E-state index is -0.469. The van der Waals surface area contributed by atoms with Gasteiger partial charge in [0.15, 0.2) is 0 Å². The summed E-state index contributed by atoms with van der Waals surface area (Å²) in [6.45, 7) is 7.41. The lowest BCUT2D eigenvalue weighted by molar-refractivity contribution is -0.384. The van der Waals surface area contributed by atoms with Gasteiger partial charge in [-0.05, 0) is 38.8 Å². The molecule has 1 unspecified atom stereocenters. The van der Waals surface area contributed by atoms with E-state index >= 15 is 0 Å². The molecule has 7 nitrogen and oxygen atoms in total. The fourth-order valence-electron chi connectivity index (χ4n) is 3.78. The maximum Gasteiger partial charge on any atom is 0.336 e. The quantitative estimate of drug-likeness (QED) is 0.384. The number of nitro groups is 1. The first-order valence-electron chi connectivity index (χ1n) is 10.2. The van der Waals surface area contributed by atoms with Crippen LogP contribution < -0.4 is 0 Å². The van der Waals surface area contributed by atoms with E-state index in [9.17, 15) is 19.7 Å². The lowest BCUT2D eigenvalue weighted by atomic mass is 9.83. The molecule has 162 valence electrons. The molecule has 0 saturated heterocycles. The highest BCUT2D eigenvalue weighted by molar-refractivity contribution is 5.96. The first-order chi connectivity index (χ1) is 14.7. The molecule has 0 radical (unpaired) electrons. The lowest BCUT2D eigenvalue weighted by Gasteiger charge is -2.34. The molecule has 2 aromatic carbocycles. The number of benzene rings is 2. The molecule has 0 bridgehead atoms. The van der Waals surface area contributed by atoms with Crippen LogP contribution in [-0.2, 0) is 20.9 Å². The van der Waals surface area contributed by atoms with Crippen molar-refractivity contribution in [1.29, 1.82) is 0 Å². The van der Waals surface area contributed by atoms with E-state index in [0.29, 0.717) is 16.8 Å². The van der Waals surface area contributed by atoms with Crippen LogP contribution in [0.3, 0.4) is 0 Å². The molecule has 0 aromatic heterocycles. The normalized spacial score (nSPS) is 16.6. The molecule has 1 atom stereocenters. The smallest absolute Gasteiger partial charge is 0.336 e. The average molecular weight is 422 g/mol. The number of rotatable bonds is 6. The Bertz CT molecular complexity index is 1040. The van der Waals surface area contributed by atoms with E-state index in [1.54, 1.807) is 32.9 Å². The lowest BCUT2D eigenvalue weighted by Crippen LogP contribution is -2.38. The van der Waals surface area contributed by atoms with Gasteiger partial charge in [-0.15, -0.1) is 0 Å². The van der Waals surface area contributed by atoms with Gasteiger partial charge in [0.25, 0.3) is 5.69 Å². The van der Waals surface area contributed by atoms with E-state index in [-0.39, 0.29) is 30.7 Å². The van der Waals surface area contributed by atoms with Crippen molar-refractivity contribution < 1.29 is 19.2 Å². The molecule has 3 rings (SSSR count). The van der Waals surface area contributed by atoms with Crippen LogP contribution in [0.1, 0.15) is 49.8 Å². The molecule has 1 amide bonds. The molecule has 7 heteroatoms. The number of nitro benzene ring substituents is 1. The second kappa shape index (κ2) is 9.12. The van der Waals surface area contributed by atoms with Gasteiger partial charge in [0.1, 0.15) is 0 Å².